The van der Waals surface area contributed by atoms with Crippen LogP contribution >= 0.6 is 0 Å². The van der Waals surface area contributed by atoms with Crippen LogP contribution in [-0.2, 0) is 4.79 Å². The summed E-state index contributed by atoms with van der Waals surface area (Å²) in [6.45, 7) is 0.720. The molecule has 6 rings (SSSR count). The van der Waals surface area contributed by atoms with Gasteiger partial charge in [-0.25, -0.2) is 13.5 Å². The number of piperidine rings is 1. The van der Waals surface area contributed by atoms with Crippen LogP contribution in [0, 0.1) is 23.0 Å². The summed E-state index contributed by atoms with van der Waals surface area (Å²) in [6, 6.07) is 17.9. The fraction of sp³-hybridized carbons (Fsp3) is 0.207. The predicted molar refractivity (Wildman–Crippen MR) is 141 cm³/mol. The highest BCUT2D eigenvalue weighted by Gasteiger charge is 2.51. The number of pyridine rings is 1. The Balaban J connectivity index is 1.27. The first-order valence-electron chi connectivity index (χ1n) is 12.7. The van der Waals surface area contributed by atoms with E-state index in [1.54, 1.807) is 63.3 Å². The molecule has 9 nitrogen and oxygen atoms in total. The third-order valence-electron chi connectivity index (χ3n) is 7.56. The van der Waals surface area contributed by atoms with Gasteiger partial charge in [-0.05, 0) is 67.4 Å². The molecule has 0 aliphatic carbocycles. The zero-order chi connectivity index (χ0) is 27.9. The first kappa shape index (κ1) is 25.2. The van der Waals surface area contributed by atoms with Gasteiger partial charge in [0.15, 0.2) is 17.3 Å². The van der Waals surface area contributed by atoms with Gasteiger partial charge >= 0.3 is 0 Å². The molecule has 2 amide bonds. The molecule has 4 heterocycles. The van der Waals surface area contributed by atoms with Crippen LogP contribution in [0.4, 0.5) is 14.5 Å². The summed E-state index contributed by atoms with van der Waals surface area (Å²) in [4.78, 5) is 34.2. The van der Waals surface area contributed by atoms with Crippen molar-refractivity contribution in [3.05, 3.63) is 95.9 Å². The normalized spacial score (nSPS) is 16.2. The Morgan fingerprint density at radius 1 is 1.00 bits per heavy atom. The molecular weight excluding hydrogens is 516 g/mol. The molecule has 2 aliphatic heterocycles. The van der Waals surface area contributed by atoms with Gasteiger partial charge in [0.1, 0.15) is 5.54 Å². The lowest BCUT2D eigenvalue weighted by Gasteiger charge is -2.43. The van der Waals surface area contributed by atoms with Crippen LogP contribution in [0.2, 0.25) is 0 Å². The molecule has 0 bridgehead atoms. The van der Waals surface area contributed by atoms with Crippen molar-refractivity contribution in [2.24, 2.45) is 0 Å². The number of nitrogens with zero attached hydrogens (tertiary/aromatic N) is 6. The maximum absolute atomic E-state index is 14.0. The van der Waals surface area contributed by atoms with Crippen LogP contribution < -0.4 is 10.2 Å². The van der Waals surface area contributed by atoms with Gasteiger partial charge in [0.25, 0.3) is 5.91 Å². The van der Waals surface area contributed by atoms with E-state index in [9.17, 15) is 18.4 Å². The van der Waals surface area contributed by atoms with Crippen molar-refractivity contribution >= 4 is 17.5 Å². The van der Waals surface area contributed by atoms with Crippen molar-refractivity contribution in [1.29, 1.82) is 5.26 Å². The number of anilines is 1. The number of carbonyl (C=O) groups excluding carboxylic acids is 2. The Kier molecular flexibility index (Phi) is 6.23. The van der Waals surface area contributed by atoms with Crippen molar-refractivity contribution < 1.29 is 18.4 Å². The van der Waals surface area contributed by atoms with E-state index >= 15 is 0 Å². The third kappa shape index (κ3) is 4.23. The van der Waals surface area contributed by atoms with Crippen molar-refractivity contribution in [1.82, 2.24) is 25.0 Å². The molecule has 1 N–H and O–H groups in total. The van der Waals surface area contributed by atoms with Crippen LogP contribution in [0.3, 0.4) is 0 Å². The Hall–Kier alpha value is -5.11. The Morgan fingerprint density at radius 2 is 1.75 bits per heavy atom. The largest absolute Gasteiger partial charge is 0.339 e. The molecule has 4 aromatic rings. The van der Waals surface area contributed by atoms with Gasteiger partial charge in [-0.1, -0.05) is 0 Å². The lowest BCUT2D eigenvalue weighted by molar-refractivity contribution is -0.124. The number of nitrogens with one attached hydrogen (secondary N) is 1. The number of nitriles is 1. The summed E-state index contributed by atoms with van der Waals surface area (Å²) in [6.07, 6.45) is 3.97. The van der Waals surface area contributed by atoms with Crippen LogP contribution in [0.5, 0.6) is 0 Å². The van der Waals surface area contributed by atoms with E-state index in [-0.39, 0.29) is 37.3 Å². The number of benzene rings is 2. The second-order valence-electron chi connectivity index (χ2n) is 9.74. The smallest absolute Gasteiger partial charge is 0.274 e. The number of aromatic nitrogens is 3. The molecule has 0 saturated carbocycles. The average molecular weight is 540 g/mol. The van der Waals surface area contributed by atoms with Gasteiger partial charge < -0.3 is 15.1 Å². The van der Waals surface area contributed by atoms with E-state index in [0.717, 1.165) is 17.7 Å². The Labute approximate surface area is 228 Å². The molecule has 200 valence electrons. The monoisotopic (exact) mass is 539 g/mol. The Morgan fingerprint density at radius 3 is 2.42 bits per heavy atom. The third-order valence-corrected chi connectivity index (χ3v) is 7.56. The maximum Gasteiger partial charge on any atom is 0.274 e. The maximum atomic E-state index is 14.0. The standard InChI is InChI=1S/C29H23F2N7O2/c30-23-8-7-22(14-24(23)31)37-18-34-28(40)29(37)9-12-36(13-10-29)27(39)25-15-26(20-2-1-11-33-17-20)38(35-25)21-5-3-19(16-32)4-6-21/h1-8,11,14-15,17H,9-10,12-13,18H2,(H,34,40). The fourth-order valence-corrected chi connectivity index (χ4v) is 5.40. The topological polar surface area (TPSA) is 107 Å². The van der Waals surface area contributed by atoms with E-state index in [2.05, 4.69) is 21.5 Å². The number of hydrogen-bond acceptors (Lipinski definition) is 6. The first-order chi connectivity index (χ1) is 19.4. The average Bonchev–Trinajstić information content (AvgIpc) is 3.57. The second-order valence-corrected chi connectivity index (χ2v) is 9.74. The molecule has 0 atom stereocenters. The molecule has 0 unspecified atom stereocenters. The summed E-state index contributed by atoms with van der Waals surface area (Å²) < 4.78 is 29.2. The van der Waals surface area contributed by atoms with E-state index in [0.29, 0.717) is 35.5 Å². The number of carbonyl (C=O) groups is 2. The molecule has 2 aromatic carbocycles. The van der Waals surface area contributed by atoms with E-state index in [4.69, 9.17) is 5.26 Å². The van der Waals surface area contributed by atoms with Crippen molar-refractivity contribution in [3.63, 3.8) is 0 Å². The highest BCUT2D eigenvalue weighted by Crippen LogP contribution is 2.37. The van der Waals surface area contributed by atoms with Gasteiger partial charge in [0, 0.05) is 42.8 Å². The highest BCUT2D eigenvalue weighted by atomic mass is 19.2. The number of likely N-dealkylation sites (tertiary alicyclic amines) is 1. The molecular formula is C29H23F2N7O2. The van der Waals surface area contributed by atoms with Gasteiger partial charge in [0.05, 0.1) is 29.7 Å². The second kappa shape index (κ2) is 9.89. The summed E-state index contributed by atoms with van der Waals surface area (Å²) >= 11 is 0. The molecule has 2 aromatic heterocycles. The Bertz CT molecular complexity index is 1640. The van der Waals surface area contributed by atoms with Crippen molar-refractivity contribution in [2.45, 2.75) is 18.4 Å². The van der Waals surface area contributed by atoms with Crippen LogP contribution in [0.15, 0.2) is 73.1 Å². The number of amides is 2. The molecule has 40 heavy (non-hydrogen) atoms. The first-order valence-corrected chi connectivity index (χ1v) is 12.7. The van der Waals surface area contributed by atoms with Gasteiger partial charge in [-0.15, -0.1) is 0 Å². The van der Waals surface area contributed by atoms with Crippen molar-refractivity contribution in [2.75, 3.05) is 24.7 Å². The molecule has 0 radical (unpaired) electrons. The SMILES string of the molecule is N#Cc1ccc(-n2nc(C(=O)N3CCC4(CC3)C(=O)NCN4c3ccc(F)c(F)c3)cc2-c2cccnc2)cc1. The molecule has 2 saturated heterocycles. The number of halogens is 2. The van der Waals surface area contributed by atoms with Gasteiger partial charge in [-0.2, -0.15) is 10.4 Å². The molecule has 1 spiro atoms. The summed E-state index contributed by atoms with van der Waals surface area (Å²) in [5, 5.41) is 16.6. The van der Waals surface area contributed by atoms with E-state index < -0.39 is 17.2 Å². The zero-order valence-electron chi connectivity index (χ0n) is 21.2. The minimum absolute atomic E-state index is 0.168. The number of rotatable bonds is 4. The van der Waals surface area contributed by atoms with Crippen LogP contribution in [-0.4, -0.2) is 56.8 Å². The number of hydrogen-bond donors (Lipinski definition) is 1. The zero-order valence-corrected chi connectivity index (χ0v) is 21.2. The van der Waals surface area contributed by atoms with E-state index in [1.165, 1.54) is 6.07 Å². The van der Waals surface area contributed by atoms with Gasteiger partial charge in [0.2, 0.25) is 5.91 Å². The fourth-order valence-electron chi connectivity index (χ4n) is 5.40. The molecule has 2 fully saturated rings. The minimum atomic E-state index is -0.984. The summed E-state index contributed by atoms with van der Waals surface area (Å²) in [5.74, 6) is -2.43. The minimum Gasteiger partial charge on any atom is -0.339 e. The summed E-state index contributed by atoms with van der Waals surface area (Å²) in [5.41, 5.74) is 2.27. The molecule has 2 aliphatic rings. The highest BCUT2D eigenvalue weighted by molar-refractivity contribution is 5.96. The van der Waals surface area contributed by atoms with Gasteiger partial charge in [-0.3, -0.25) is 14.6 Å². The summed E-state index contributed by atoms with van der Waals surface area (Å²) in [7, 11) is 0. The lowest BCUT2D eigenvalue weighted by Crippen LogP contribution is -2.57. The van der Waals surface area contributed by atoms with Crippen molar-refractivity contribution in [3.8, 4) is 23.0 Å². The van der Waals surface area contributed by atoms with Crippen LogP contribution in [0.1, 0.15) is 28.9 Å². The lowest BCUT2D eigenvalue weighted by atomic mass is 9.85. The predicted octanol–water partition coefficient (Wildman–Crippen LogP) is 3.65. The van der Waals surface area contributed by atoms with E-state index in [1.807, 2.05) is 6.07 Å². The van der Waals surface area contributed by atoms with Crippen LogP contribution in [0.25, 0.3) is 16.9 Å². The quantitative estimate of drug-likeness (QED) is 0.424. The molecule has 11 heteroatoms.